The van der Waals surface area contributed by atoms with Crippen LogP contribution in [0.4, 0.5) is 0 Å². The van der Waals surface area contributed by atoms with E-state index in [0.717, 1.165) is 33.8 Å². The van der Waals surface area contributed by atoms with Crippen molar-refractivity contribution in [1.29, 1.82) is 0 Å². The van der Waals surface area contributed by atoms with Crippen LogP contribution >= 0.6 is 12.0 Å². The van der Waals surface area contributed by atoms with E-state index in [0.29, 0.717) is 0 Å². The number of benzene rings is 2. The first kappa shape index (κ1) is 15.6. The Bertz CT molecular complexity index is 829. The summed E-state index contributed by atoms with van der Waals surface area (Å²) in [5, 5.41) is 0. The van der Waals surface area contributed by atoms with E-state index in [2.05, 4.69) is 4.89 Å². The Kier molecular flexibility index (Phi) is 4.92. The lowest BCUT2D eigenvalue weighted by molar-refractivity contribution is -0.160. The van der Waals surface area contributed by atoms with Crippen LogP contribution in [0.15, 0.2) is 82.6 Å². The molecule has 5 heteroatoms. The molecule has 0 aliphatic carbocycles. The molecule has 0 unspecified atom stereocenters. The molecule has 3 aromatic rings. The van der Waals surface area contributed by atoms with E-state index in [1.54, 1.807) is 10.6 Å². The van der Waals surface area contributed by atoms with Crippen LogP contribution in [0.1, 0.15) is 0 Å². The summed E-state index contributed by atoms with van der Waals surface area (Å²) in [6, 6.07) is 20.8. The number of hydrogen-bond donors (Lipinski definition) is 0. The average molecular weight is 325 g/mol. The number of nitrogens with zero attached hydrogens (tertiary/aromatic N) is 1. The van der Waals surface area contributed by atoms with Gasteiger partial charge in [0.1, 0.15) is 0 Å². The molecule has 0 aliphatic rings. The molecule has 116 valence electrons. The highest BCUT2D eigenvalue weighted by molar-refractivity contribution is 7.94. The molecule has 0 N–H and O–H groups in total. The van der Waals surface area contributed by atoms with Gasteiger partial charge in [-0.25, -0.2) is 4.89 Å². The minimum Gasteiger partial charge on any atom is -0.284 e. The number of hydrogen-bond acceptors (Lipinski definition) is 4. The molecular formula is C18H15NO3S. The summed E-state index contributed by atoms with van der Waals surface area (Å²) < 4.78 is 6.47. The highest BCUT2D eigenvalue weighted by Gasteiger charge is 2.04. The largest absolute Gasteiger partial charge is 0.284 e. The first-order chi connectivity index (χ1) is 11.3. The number of pyridine rings is 1. The maximum atomic E-state index is 12.1. The lowest BCUT2D eigenvalue weighted by Crippen LogP contribution is -2.16. The molecule has 0 spiro atoms. The first-order valence-electron chi connectivity index (χ1n) is 7.04. The molecule has 2 aromatic carbocycles. The van der Waals surface area contributed by atoms with Gasteiger partial charge in [0.15, 0.2) is 0 Å². The maximum absolute atomic E-state index is 12.1. The highest BCUT2D eigenvalue weighted by atomic mass is 32.2. The van der Waals surface area contributed by atoms with Gasteiger partial charge in [0.05, 0.1) is 19.2 Å². The quantitative estimate of drug-likeness (QED) is 0.402. The molecule has 3 rings (SSSR count). The molecule has 0 saturated heterocycles. The third-order valence-corrected chi connectivity index (χ3v) is 4.00. The zero-order valence-electron chi connectivity index (χ0n) is 12.5. The summed E-state index contributed by atoms with van der Waals surface area (Å²) in [4.78, 5) is 17.6. The monoisotopic (exact) mass is 325 g/mol. The number of aromatic nitrogens is 1. The van der Waals surface area contributed by atoms with Gasteiger partial charge in [-0.1, -0.05) is 30.3 Å². The van der Waals surface area contributed by atoms with Crippen molar-refractivity contribution in [3.63, 3.8) is 0 Å². The second kappa shape index (κ2) is 7.28. The van der Waals surface area contributed by atoms with Gasteiger partial charge in [-0.05, 0) is 41.5 Å². The molecule has 0 fully saturated rings. The van der Waals surface area contributed by atoms with Crippen LogP contribution in [0, 0.1) is 0 Å². The van der Waals surface area contributed by atoms with Crippen molar-refractivity contribution in [2.75, 3.05) is 7.11 Å². The fourth-order valence-corrected chi connectivity index (χ4v) is 2.62. The van der Waals surface area contributed by atoms with Gasteiger partial charge in [0, 0.05) is 22.8 Å². The third kappa shape index (κ3) is 3.71. The van der Waals surface area contributed by atoms with E-state index in [4.69, 9.17) is 4.33 Å². The van der Waals surface area contributed by atoms with E-state index in [-0.39, 0.29) is 5.56 Å². The molecular weight excluding hydrogens is 310 g/mol. The Labute approximate surface area is 138 Å². The topological polar surface area (TPSA) is 40.5 Å². The van der Waals surface area contributed by atoms with Gasteiger partial charge in [0.25, 0.3) is 5.56 Å². The van der Waals surface area contributed by atoms with Gasteiger partial charge >= 0.3 is 0 Å². The predicted octanol–water partition coefficient (Wildman–Crippen LogP) is 4.09. The smallest absolute Gasteiger partial charge is 0.255 e. The lowest BCUT2D eigenvalue weighted by atomic mass is 10.1. The van der Waals surface area contributed by atoms with E-state index in [1.165, 1.54) is 7.11 Å². The standard InChI is InChI=1S/C18H15NO3S/c1-21-22-23-17-10-7-14(8-11-17)15-9-12-18(20)19(13-15)16-5-3-2-4-6-16/h2-13H,1H3. The molecule has 0 radical (unpaired) electrons. The Hall–Kier alpha value is -2.34. The molecule has 0 atom stereocenters. The molecule has 23 heavy (non-hydrogen) atoms. The van der Waals surface area contributed by atoms with Crippen LogP contribution in [-0.2, 0) is 9.22 Å². The van der Waals surface area contributed by atoms with Crippen LogP contribution in [-0.4, -0.2) is 11.7 Å². The van der Waals surface area contributed by atoms with Gasteiger partial charge in [-0.3, -0.25) is 9.36 Å². The Morgan fingerprint density at radius 1 is 0.870 bits per heavy atom. The third-order valence-electron chi connectivity index (χ3n) is 3.33. The van der Waals surface area contributed by atoms with Gasteiger partial charge in [0.2, 0.25) is 0 Å². The van der Waals surface area contributed by atoms with Gasteiger partial charge in [-0.15, -0.1) is 0 Å². The van der Waals surface area contributed by atoms with E-state index < -0.39 is 0 Å². The Morgan fingerprint density at radius 3 is 2.26 bits per heavy atom. The van der Waals surface area contributed by atoms with E-state index >= 15 is 0 Å². The molecule has 0 aliphatic heterocycles. The number of para-hydroxylation sites is 1. The molecule has 4 nitrogen and oxygen atoms in total. The maximum Gasteiger partial charge on any atom is 0.255 e. The molecule has 0 bridgehead atoms. The fourth-order valence-electron chi connectivity index (χ4n) is 2.22. The predicted molar refractivity (Wildman–Crippen MR) is 91.4 cm³/mol. The SMILES string of the molecule is COOSc1ccc(-c2ccc(=O)n(-c3ccccc3)c2)cc1. The summed E-state index contributed by atoms with van der Waals surface area (Å²) >= 11 is 1.15. The summed E-state index contributed by atoms with van der Waals surface area (Å²) in [5.41, 5.74) is 2.79. The Morgan fingerprint density at radius 2 is 1.57 bits per heavy atom. The highest BCUT2D eigenvalue weighted by Crippen LogP contribution is 2.24. The van der Waals surface area contributed by atoms with Crippen molar-refractivity contribution >= 4 is 12.0 Å². The van der Waals surface area contributed by atoms with Crippen LogP contribution < -0.4 is 5.56 Å². The van der Waals surface area contributed by atoms with Crippen molar-refractivity contribution in [2.45, 2.75) is 4.90 Å². The summed E-state index contributed by atoms with van der Waals surface area (Å²) in [6.45, 7) is 0. The first-order valence-corrected chi connectivity index (χ1v) is 7.78. The van der Waals surface area contributed by atoms with Crippen LogP contribution in [0.3, 0.4) is 0 Å². The lowest BCUT2D eigenvalue weighted by Gasteiger charge is -2.09. The van der Waals surface area contributed by atoms with Crippen LogP contribution in [0.2, 0.25) is 0 Å². The van der Waals surface area contributed by atoms with Crippen LogP contribution in [0.25, 0.3) is 16.8 Å². The van der Waals surface area contributed by atoms with E-state index in [1.807, 2.05) is 66.9 Å². The van der Waals surface area contributed by atoms with Gasteiger partial charge < -0.3 is 0 Å². The van der Waals surface area contributed by atoms with E-state index in [9.17, 15) is 4.79 Å². The zero-order valence-corrected chi connectivity index (χ0v) is 13.3. The minimum atomic E-state index is -0.0550. The average Bonchev–Trinajstić information content (AvgIpc) is 2.62. The van der Waals surface area contributed by atoms with Crippen molar-refractivity contribution in [2.24, 2.45) is 0 Å². The fraction of sp³-hybridized carbons (Fsp3) is 0.0556. The number of rotatable bonds is 5. The second-order valence-corrected chi connectivity index (χ2v) is 5.58. The zero-order chi connectivity index (χ0) is 16.1. The van der Waals surface area contributed by atoms with Crippen molar-refractivity contribution in [3.05, 3.63) is 83.3 Å². The van der Waals surface area contributed by atoms with Crippen molar-refractivity contribution < 1.29 is 9.22 Å². The summed E-state index contributed by atoms with van der Waals surface area (Å²) in [7, 11) is 1.47. The summed E-state index contributed by atoms with van der Waals surface area (Å²) in [6.07, 6.45) is 1.85. The van der Waals surface area contributed by atoms with Crippen molar-refractivity contribution in [3.8, 4) is 16.8 Å². The van der Waals surface area contributed by atoms with Gasteiger partial charge in [-0.2, -0.15) is 4.33 Å². The van der Waals surface area contributed by atoms with Crippen LogP contribution in [0.5, 0.6) is 0 Å². The molecule has 0 saturated carbocycles. The van der Waals surface area contributed by atoms with Crippen molar-refractivity contribution in [1.82, 2.24) is 4.57 Å². The molecule has 1 heterocycles. The summed E-state index contributed by atoms with van der Waals surface area (Å²) in [5.74, 6) is 0. The Balaban J connectivity index is 1.93. The minimum absolute atomic E-state index is 0.0550. The molecule has 1 aromatic heterocycles. The molecule has 0 amide bonds. The normalized spacial score (nSPS) is 10.7. The second-order valence-electron chi connectivity index (χ2n) is 4.80.